The number of phenols is 1. The van der Waals surface area contributed by atoms with Crippen LogP contribution in [0.2, 0.25) is 0 Å². The second-order valence-electron chi connectivity index (χ2n) is 7.70. The Labute approximate surface area is 198 Å². The van der Waals surface area contributed by atoms with Gasteiger partial charge in [0, 0.05) is 0 Å². The molecular formula is C26H22N3O3Se+. The number of aromatic hydroxyl groups is 1. The van der Waals surface area contributed by atoms with E-state index in [1.165, 1.54) is 0 Å². The molecule has 0 aliphatic carbocycles. The standard InChI is InChI=1S/C26H21N3O3Se/c1-32-20-11-13-21(14-12-20)33-25-24-27-22(15-17-7-9-19(30)10-8-17)26(31)29(24)16-23(28-25)18-5-3-2-4-6-18/h2-14,16,22,30H,15H2,1H3/p+1. The van der Waals surface area contributed by atoms with Gasteiger partial charge in [-0.05, 0) is 0 Å². The summed E-state index contributed by atoms with van der Waals surface area (Å²) in [6.07, 6.45) is 2.35. The zero-order chi connectivity index (χ0) is 22.8. The molecule has 0 saturated carbocycles. The van der Waals surface area contributed by atoms with Gasteiger partial charge in [0.05, 0.1) is 0 Å². The van der Waals surface area contributed by atoms with Crippen molar-refractivity contribution in [1.29, 1.82) is 0 Å². The first-order valence-corrected chi connectivity index (χ1v) is 12.2. The Balaban J connectivity index is 1.52. The van der Waals surface area contributed by atoms with Crippen LogP contribution in [0.25, 0.3) is 11.3 Å². The molecule has 0 fully saturated rings. The maximum atomic E-state index is 13.4. The minimum atomic E-state index is -0.396. The van der Waals surface area contributed by atoms with Crippen LogP contribution in [0.4, 0.5) is 5.82 Å². The Morgan fingerprint density at radius 2 is 1.76 bits per heavy atom. The third-order valence-corrected chi connectivity index (χ3v) is 7.55. The number of nitrogens with zero attached hydrogens (tertiary/aromatic N) is 2. The average molecular weight is 503 g/mol. The van der Waals surface area contributed by atoms with Crippen molar-refractivity contribution in [3.63, 3.8) is 0 Å². The fourth-order valence-electron chi connectivity index (χ4n) is 3.76. The van der Waals surface area contributed by atoms with E-state index < -0.39 is 6.04 Å². The molecule has 0 spiro atoms. The number of methoxy groups -OCH3 is 1. The van der Waals surface area contributed by atoms with Gasteiger partial charge in [0.25, 0.3) is 0 Å². The van der Waals surface area contributed by atoms with Crippen LogP contribution in [-0.2, 0) is 6.42 Å². The Bertz CT molecular complexity index is 1290. The fraction of sp³-hybridized carbons (Fsp3) is 0.115. The molecule has 2 heterocycles. The molecule has 1 aliphatic rings. The van der Waals surface area contributed by atoms with Crippen molar-refractivity contribution in [3.05, 3.63) is 90.6 Å². The van der Waals surface area contributed by atoms with Crippen molar-refractivity contribution < 1.29 is 19.2 Å². The number of fused-ring (bicyclic) bond motifs is 1. The summed E-state index contributed by atoms with van der Waals surface area (Å²) in [4.78, 5) is 18.3. The summed E-state index contributed by atoms with van der Waals surface area (Å²) in [5, 5.41) is 13.0. The molecule has 6 nitrogen and oxygen atoms in total. The SMILES string of the molecule is COc1ccc([Se]c2nc(-c3ccccc3)c[n+]3c2NC(Cc2ccc(O)cc2)C3=O)cc1. The molecule has 5 rings (SSSR count). The Morgan fingerprint density at radius 1 is 1.03 bits per heavy atom. The summed E-state index contributed by atoms with van der Waals surface area (Å²) >= 11 is -0.116. The number of carbonyl (C=O) groups is 1. The van der Waals surface area contributed by atoms with Crippen molar-refractivity contribution in [2.45, 2.75) is 12.5 Å². The molecule has 7 heteroatoms. The first-order valence-electron chi connectivity index (χ1n) is 10.5. The molecule has 1 aliphatic heterocycles. The molecule has 2 N–H and O–H groups in total. The predicted molar refractivity (Wildman–Crippen MR) is 128 cm³/mol. The van der Waals surface area contributed by atoms with Gasteiger partial charge >= 0.3 is 198 Å². The van der Waals surface area contributed by atoms with Crippen molar-refractivity contribution in [2.24, 2.45) is 0 Å². The van der Waals surface area contributed by atoms with E-state index in [1.54, 1.807) is 23.8 Å². The third-order valence-electron chi connectivity index (χ3n) is 5.48. The summed E-state index contributed by atoms with van der Waals surface area (Å²) < 4.78 is 9.00. The number of aromatic nitrogens is 2. The molecule has 164 valence electrons. The van der Waals surface area contributed by atoms with E-state index in [9.17, 15) is 9.90 Å². The molecule has 0 radical (unpaired) electrons. The minimum absolute atomic E-state index is 0.00978. The van der Waals surface area contributed by atoms with Gasteiger partial charge in [-0.1, -0.05) is 0 Å². The number of carbonyl (C=O) groups excluding carboxylic acids is 1. The molecule has 0 amide bonds. The quantitative estimate of drug-likeness (QED) is 0.312. The second kappa shape index (κ2) is 9.06. The van der Waals surface area contributed by atoms with Crippen LogP contribution in [0.3, 0.4) is 0 Å². The van der Waals surface area contributed by atoms with Gasteiger partial charge in [-0.25, -0.2) is 0 Å². The average Bonchev–Trinajstić information content (AvgIpc) is 3.17. The number of benzene rings is 3. The second-order valence-corrected chi connectivity index (χ2v) is 9.93. The molecule has 0 bridgehead atoms. The van der Waals surface area contributed by atoms with E-state index in [4.69, 9.17) is 9.72 Å². The van der Waals surface area contributed by atoms with Gasteiger partial charge in [0.1, 0.15) is 0 Å². The number of hydrogen-bond donors (Lipinski definition) is 2. The molecule has 4 aromatic rings. The first kappa shape index (κ1) is 21.2. The summed E-state index contributed by atoms with van der Waals surface area (Å²) in [5.74, 6) is 1.76. The van der Waals surface area contributed by atoms with Crippen LogP contribution < -0.4 is 23.7 Å². The van der Waals surface area contributed by atoms with Gasteiger partial charge < -0.3 is 0 Å². The predicted octanol–water partition coefficient (Wildman–Crippen LogP) is 2.08. The van der Waals surface area contributed by atoms with Crippen LogP contribution in [-0.4, -0.2) is 44.1 Å². The molecule has 1 aromatic heterocycles. The normalized spacial score (nSPS) is 14.6. The molecule has 1 unspecified atom stereocenters. The molecule has 3 aromatic carbocycles. The Morgan fingerprint density at radius 3 is 2.45 bits per heavy atom. The van der Waals surface area contributed by atoms with Crippen molar-refractivity contribution in [3.8, 4) is 22.8 Å². The molecule has 33 heavy (non-hydrogen) atoms. The number of anilines is 1. The van der Waals surface area contributed by atoms with E-state index in [-0.39, 0.29) is 26.6 Å². The van der Waals surface area contributed by atoms with Gasteiger partial charge in [-0.15, -0.1) is 0 Å². The van der Waals surface area contributed by atoms with Crippen LogP contribution >= 0.6 is 0 Å². The Kier molecular flexibility index (Phi) is 5.82. The van der Waals surface area contributed by atoms with Gasteiger partial charge in [-0.2, -0.15) is 0 Å². The number of phenolic OH excluding ortho intramolecular Hbond substituents is 1. The third kappa shape index (κ3) is 4.46. The maximum absolute atomic E-state index is 13.4. The molecular weight excluding hydrogens is 481 g/mol. The molecule has 1 atom stereocenters. The van der Waals surface area contributed by atoms with Crippen LogP contribution in [0, 0.1) is 0 Å². The summed E-state index contributed by atoms with van der Waals surface area (Å²) in [6, 6.07) is 24.4. The number of rotatable bonds is 6. The summed E-state index contributed by atoms with van der Waals surface area (Å²) in [7, 11) is 1.65. The zero-order valence-electron chi connectivity index (χ0n) is 17.9. The molecule has 0 saturated heterocycles. The summed E-state index contributed by atoms with van der Waals surface area (Å²) in [6.45, 7) is 0. The van der Waals surface area contributed by atoms with Crippen LogP contribution in [0.5, 0.6) is 11.5 Å². The number of ether oxygens (including phenoxy) is 1. The number of hydrogen-bond acceptors (Lipinski definition) is 5. The topological polar surface area (TPSA) is 75.3 Å². The fourth-order valence-corrected chi connectivity index (χ4v) is 5.64. The van der Waals surface area contributed by atoms with Gasteiger partial charge in [-0.3, -0.25) is 0 Å². The van der Waals surface area contributed by atoms with E-state index in [0.29, 0.717) is 6.42 Å². The Hall–Kier alpha value is -3.67. The van der Waals surface area contributed by atoms with Crippen LogP contribution in [0.15, 0.2) is 85.1 Å². The van der Waals surface area contributed by atoms with Gasteiger partial charge in [0.2, 0.25) is 0 Å². The van der Waals surface area contributed by atoms with Crippen molar-refractivity contribution in [2.75, 3.05) is 12.4 Å². The van der Waals surface area contributed by atoms with Crippen molar-refractivity contribution >= 4 is 35.7 Å². The first-order chi connectivity index (χ1) is 16.1. The van der Waals surface area contributed by atoms with E-state index >= 15 is 0 Å². The van der Waals surface area contributed by atoms with Gasteiger partial charge in [0.15, 0.2) is 0 Å². The van der Waals surface area contributed by atoms with Crippen LogP contribution in [0.1, 0.15) is 10.4 Å². The zero-order valence-corrected chi connectivity index (χ0v) is 19.6. The van der Waals surface area contributed by atoms with E-state index in [0.717, 1.165) is 37.4 Å². The number of nitrogens with one attached hydrogen (secondary N) is 1. The van der Waals surface area contributed by atoms with Crippen molar-refractivity contribution in [1.82, 2.24) is 4.98 Å². The summed E-state index contributed by atoms with van der Waals surface area (Å²) in [5.41, 5.74) is 2.71. The monoisotopic (exact) mass is 504 g/mol. The van der Waals surface area contributed by atoms with E-state index in [2.05, 4.69) is 5.32 Å². The van der Waals surface area contributed by atoms with E-state index in [1.807, 2.05) is 72.9 Å².